The molecule has 1 saturated carbocycles. The Balaban J connectivity index is 1.71. The van der Waals surface area contributed by atoms with Gasteiger partial charge in [0.2, 0.25) is 0 Å². The number of amides is 1. The molecule has 0 bridgehead atoms. The van der Waals surface area contributed by atoms with Crippen LogP contribution in [0.25, 0.3) is 0 Å². The summed E-state index contributed by atoms with van der Waals surface area (Å²) in [6, 6.07) is 5.68. The molecule has 0 aromatic heterocycles. The summed E-state index contributed by atoms with van der Waals surface area (Å²) in [5, 5.41) is 6.35. The Morgan fingerprint density at radius 2 is 2.30 bits per heavy atom. The largest absolute Gasteiger partial charge is 0.489 e. The fourth-order valence-electron chi connectivity index (χ4n) is 3.04. The third-order valence-electron chi connectivity index (χ3n) is 4.71. The van der Waals surface area contributed by atoms with Gasteiger partial charge < -0.3 is 15.4 Å². The number of fused-ring (bicyclic) bond motifs is 1. The molecular formula is C16H22N2O2. The van der Waals surface area contributed by atoms with Gasteiger partial charge in [0.15, 0.2) is 5.75 Å². The molecule has 1 fully saturated rings. The lowest BCUT2D eigenvalue weighted by molar-refractivity contribution is 0.0846. The molecule has 20 heavy (non-hydrogen) atoms. The molecule has 108 valence electrons. The maximum atomic E-state index is 12.4. The van der Waals surface area contributed by atoms with E-state index in [1.54, 1.807) is 0 Å². The summed E-state index contributed by atoms with van der Waals surface area (Å²) >= 11 is 0. The maximum Gasteiger partial charge on any atom is 0.255 e. The van der Waals surface area contributed by atoms with E-state index in [1.807, 2.05) is 18.2 Å². The molecule has 1 aromatic rings. The van der Waals surface area contributed by atoms with Gasteiger partial charge in [0, 0.05) is 13.1 Å². The van der Waals surface area contributed by atoms with Gasteiger partial charge in [0.25, 0.3) is 5.91 Å². The monoisotopic (exact) mass is 274 g/mol. The van der Waals surface area contributed by atoms with Crippen LogP contribution in [0.15, 0.2) is 18.2 Å². The predicted octanol–water partition coefficient (Wildman–Crippen LogP) is 2.80. The molecule has 1 aliphatic heterocycles. The molecule has 4 heteroatoms. The summed E-state index contributed by atoms with van der Waals surface area (Å²) in [5.41, 5.74) is 1.89. The van der Waals surface area contributed by atoms with Crippen LogP contribution < -0.4 is 15.4 Å². The highest BCUT2D eigenvalue weighted by Gasteiger charge is 2.35. The lowest BCUT2D eigenvalue weighted by atomic mass is 9.67. The summed E-state index contributed by atoms with van der Waals surface area (Å²) in [4.78, 5) is 12.4. The second kappa shape index (κ2) is 5.35. The Kier molecular flexibility index (Phi) is 3.55. The molecule has 2 aliphatic rings. The Labute approximate surface area is 119 Å². The van der Waals surface area contributed by atoms with Crippen molar-refractivity contribution in [2.75, 3.05) is 25.0 Å². The van der Waals surface area contributed by atoms with Crippen LogP contribution >= 0.6 is 0 Å². The van der Waals surface area contributed by atoms with Crippen molar-refractivity contribution in [2.24, 2.45) is 5.41 Å². The van der Waals surface area contributed by atoms with E-state index in [0.717, 1.165) is 25.2 Å². The summed E-state index contributed by atoms with van der Waals surface area (Å²) in [6.45, 7) is 4.38. The number of nitrogens with one attached hydrogen (secondary N) is 2. The van der Waals surface area contributed by atoms with Crippen LogP contribution in [0.1, 0.15) is 43.0 Å². The number of hydrogen-bond acceptors (Lipinski definition) is 3. The Morgan fingerprint density at radius 3 is 3.00 bits per heavy atom. The predicted molar refractivity (Wildman–Crippen MR) is 79.3 cm³/mol. The number of ether oxygens (including phenoxy) is 1. The summed E-state index contributed by atoms with van der Waals surface area (Å²) in [7, 11) is 0. The van der Waals surface area contributed by atoms with Crippen molar-refractivity contribution >= 4 is 11.6 Å². The van der Waals surface area contributed by atoms with Crippen LogP contribution in [0.4, 0.5) is 5.69 Å². The molecule has 2 N–H and O–H groups in total. The lowest BCUT2D eigenvalue weighted by Crippen LogP contribution is -2.41. The van der Waals surface area contributed by atoms with Crippen molar-refractivity contribution in [3.05, 3.63) is 23.8 Å². The van der Waals surface area contributed by atoms with E-state index in [0.29, 0.717) is 23.3 Å². The SMILES string of the molecule is CCC1(CNC(=O)c2cccc3c2OCCN3)CCC1. The average molecular weight is 274 g/mol. The Hall–Kier alpha value is -1.71. The van der Waals surface area contributed by atoms with E-state index >= 15 is 0 Å². The first-order chi connectivity index (χ1) is 9.74. The summed E-state index contributed by atoms with van der Waals surface area (Å²) in [5.74, 6) is 0.667. The first-order valence-electron chi connectivity index (χ1n) is 7.52. The first kappa shape index (κ1) is 13.3. The second-order valence-electron chi connectivity index (χ2n) is 5.85. The fraction of sp³-hybridized carbons (Fsp3) is 0.562. The van der Waals surface area contributed by atoms with Gasteiger partial charge in [-0.05, 0) is 36.8 Å². The van der Waals surface area contributed by atoms with Crippen molar-refractivity contribution in [3.8, 4) is 5.75 Å². The van der Waals surface area contributed by atoms with Crippen molar-refractivity contribution in [3.63, 3.8) is 0 Å². The smallest absolute Gasteiger partial charge is 0.255 e. The molecule has 0 unspecified atom stereocenters. The van der Waals surface area contributed by atoms with Crippen LogP contribution in [0.3, 0.4) is 0 Å². The van der Waals surface area contributed by atoms with Gasteiger partial charge in [-0.3, -0.25) is 4.79 Å². The van der Waals surface area contributed by atoms with E-state index in [1.165, 1.54) is 19.3 Å². The van der Waals surface area contributed by atoms with E-state index in [2.05, 4.69) is 17.6 Å². The van der Waals surface area contributed by atoms with E-state index in [4.69, 9.17) is 4.74 Å². The minimum Gasteiger partial charge on any atom is -0.489 e. The third kappa shape index (κ3) is 2.35. The molecule has 0 atom stereocenters. The zero-order chi connectivity index (χ0) is 14.0. The lowest BCUT2D eigenvalue weighted by Gasteiger charge is -2.41. The highest BCUT2D eigenvalue weighted by Crippen LogP contribution is 2.43. The van der Waals surface area contributed by atoms with Gasteiger partial charge in [0.05, 0.1) is 11.3 Å². The molecule has 4 nitrogen and oxygen atoms in total. The Morgan fingerprint density at radius 1 is 1.45 bits per heavy atom. The highest BCUT2D eigenvalue weighted by atomic mass is 16.5. The topological polar surface area (TPSA) is 50.4 Å². The number of anilines is 1. The third-order valence-corrected chi connectivity index (χ3v) is 4.71. The summed E-state index contributed by atoms with van der Waals surface area (Å²) in [6.07, 6.45) is 4.89. The second-order valence-corrected chi connectivity index (χ2v) is 5.85. The maximum absolute atomic E-state index is 12.4. The first-order valence-corrected chi connectivity index (χ1v) is 7.52. The quantitative estimate of drug-likeness (QED) is 0.887. The van der Waals surface area contributed by atoms with Gasteiger partial charge in [-0.1, -0.05) is 19.4 Å². The van der Waals surface area contributed by atoms with Crippen molar-refractivity contribution in [2.45, 2.75) is 32.6 Å². The number of para-hydroxylation sites is 1. The van der Waals surface area contributed by atoms with Crippen molar-refractivity contribution in [1.82, 2.24) is 5.32 Å². The normalized spacial score (nSPS) is 19.1. The number of benzene rings is 1. The van der Waals surface area contributed by atoms with Crippen LogP contribution in [0.2, 0.25) is 0 Å². The number of carbonyl (C=O) groups is 1. The van der Waals surface area contributed by atoms with Crippen LogP contribution in [0, 0.1) is 5.41 Å². The molecule has 1 amide bonds. The number of carbonyl (C=O) groups excluding carboxylic acids is 1. The molecular weight excluding hydrogens is 252 g/mol. The standard InChI is InChI=1S/C16H22N2O2/c1-2-16(7-4-8-16)11-18-15(19)12-5-3-6-13-14(12)20-10-9-17-13/h3,5-6,17H,2,4,7-11H2,1H3,(H,18,19). The molecule has 0 radical (unpaired) electrons. The van der Waals surface area contributed by atoms with Gasteiger partial charge in [-0.25, -0.2) is 0 Å². The van der Waals surface area contributed by atoms with E-state index in [-0.39, 0.29) is 5.91 Å². The van der Waals surface area contributed by atoms with E-state index < -0.39 is 0 Å². The zero-order valence-corrected chi connectivity index (χ0v) is 12.0. The average Bonchev–Trinajstić information content (AvgIpc) is 2.46. The zero-order valence-electron chi connectivity index (χ0n) is 12.0. The van der Waals surface area contributed by atoms with E-state index in [9.17, 15) is 4.79 Å². The van der Waals surface area contributed by atoms with Crippen molar-refractivity contribution < 1.29 is 9.53 Å². The minimum absolute atomic E-state index is 0.0229. The van der Waals surface area contributed by atoms with Gasteiger partial charge in [-0.15, -0.1) is 0 Å². The van der Waals surface area contributed by atoms with Gasteiger partial charge in [0.1, 0.15) is 6.61 Å². The van der Waals surface area contributed by atoms with Crippen LogP contribution in [0.5, 0.6) is 5.75 Å². The van der Waals surface area contributed by atoms with Gasteiger partial charge >= 0.3 is 0 Å². The fourth-order valence-corrected chi connectivity index (χ4v) is 3.04. The Bertz CT molecular complexity index is 504. The highest BCUT2D eigenvalue weighted by molar-refractivity contribution is 5.99. The summed E-state index contributed by atoms with van der Waals surface area (Å²) < 4.78 is 5.65. The minimum atomic E-state index is -0.0229. The molecule has 0 spiro atoms. The molecule has 3 rings (SSSR count). The van der Waals surface area contributed by atoms with Crippen LogP contribution in [-0.4, -0.2) is 25.6 Å². The van der Waals surface area contributed by atoms with Crippen LogP contribution in [-0.2, 0) is 0 Å². The molecule has 1 aromatic carbocycles. The van der Waals surface area contributed by atoms with Crippen molar-refractivity contribution in [1.29, 1.82) is 0 Å². The molecule has 0 saturated heterocycles. The number of hydrogen-bond donors (Lipinski definition) is 2. The molecule has 1 aliphatic carbocycles. The van der Waals surface area contributed by atoms with Gasteiger partial charge in [-0.2, -0.15) is 0 Å². The molecule has 1 heterocycles. The number of rotatable bonds is 4.